The number of fused-ring (bicyclic) bond motifs is 1. The van der Waals surface area contributed by atoms with E-state index in [0.717, 1.165) is 16.3 Å². The SMILES string of the molecule is COc1ccc(C(=O)N2CCSc3ccc(Cl)cc32)cc1S(=O)(=O)NC(C)(C)C. The number of rotatable bonds is 4. The first-order valence-corrected chi connectivity index (χ1v) is 11.8. The Bertz CT molecular complexity index is 1050. The fourth-order valence-corrected chi connectivity index (χ4v) is 5.79. The van der Waals surface area contributed by atoms with Crippen molar-refractivity contribution in [1.29, 1.82) is 0 Å². The molecule has 1 aliphatic heterocycles. The van der Waals surface area contributed by atoms with Crippen LogP contribution in [0.5, 0.6) is 5.75 Å². The largest absolute Gasteiger partial charge is 0.495 e. The maximum absolute atomic E-state index is 13.3. The molecule has 0 saturated carbocycles. The molecule has 0 radical (unpaired) electrons. The minimum Gasteiger partial charge on any atom is -0.495 e. The van der Waals surface area contributed by atoms with Crippen LogP contribution in [0.25, 0.3) is 0 Å². The molecule has 0 bridgehead atoms. The molecule has 0 aromatic heterocycles. The number of thioether (sulfide) groups is 1. The van der Waals surface area contributed by atoms with Crippen molar-refractivity contribution in [1.82, 2.24) is 4.72 Å². The Hall–Kier alpha value is -1.74. The van der Waals surface area contributed by atoms with E-state index in [4.69, 9.17) is 16.3 Å². The molecule has 29 heavy (non-hydrogen) atoms. The average Bonchev–Trinajstić information content (AvgIpc) is 2.64. The van der Waals surface area contributed by atoms with E-state index < -0.39 is 15.6 Å². The van der Waals surface area contributed by atoms with Crippen LogP contribution < -0.4 is 14.4 Å². The Morgan fingerprint density at radius 3 is 2.59 bits per heavy atom. The standard InChI is InChI=1S/C20H23ClN2O4S2/c1-20(2,3)22-29(25,26)18-11-13(5-7-16(18)27-4)19(24)23-9-10-28-17-8-6-14(21)12-15(17)23/h5-8,11-12,22H,9-10H2,1-4H3. The Morgan fingerprint density at radius 1 is 1.21 bits per heavy atom. The minimum absolute atomic E-state index is 0.0709. The van der Waals surface area contributed by atoms with Crippen molar-refractivity contribution in [3.8, 4) is 5.75 Å². The molecule has 1 aliphatic rings. The number of carbonyl (C=O) groups excluding carboxylic acids is 1. The van der Waals surface area contributed by atoms with Gasteiger partial charge < -0.3 is 9.64 Å². The molecule has 0 atom stereocenters. The number of sulfonamides is 1. The normalized spacial score (nSPS) is 14.4. The maximum atomic E-state index is 13.3. The summed E-state index contributed by atoms with van der Waals surface area (Å²) in [6.07, 6.45) is 0. The molecule has 2 aromatic carbocycles. The summed E-state index contributed by atoms with van der Waals surface area (Å²) in [5, 5.41) is 0.538. The molecule has 1 heterocycles. The molecule has 1 N–H and O–H groups in total. The van der Waals surface area contributed by atoms with Crippen LogP contribution in [-0.2, 0) is 10.0 Å². The lowest BCUT2D eigenvalue weighted by atomic mass is 10.1. The second kappa shape index (κ2) is 8.18. The highest BCUT2D eigenvalue weighted by Crippen LogP contribution is 2.37. The summed E-state index contributed by atoms with van der Waals surface area (Å²) in [6.45, 7) is 5.75. The third-order valence-corrected chi connectivity index (χ3v) is 7.23. The zero-order valence-corrected chi connectivity index (χ0v) is 19.0. The van der Waals surface area contributed by atoms with Crippen LogP contribution in [0.4, 0.5) is 5.69 Å². The number of anilines is 1. The second-order valence-electron chi connectivity index (χ2n) is 7.64. The van der Waals surface area contributed by atoms with Gasteiger partial charge in [0.1, 0.15) is 10.6 Å². The molecule has 0 saturated heterocycles. The van der Waals surface area contributed by atoms with Gasteiger partial charge in [0.25, 0.3) is 5.91 Å². The number of benzene rings is 2. The van der Waals surface area contributed by atoms with E-state index in [2.05, 4.69) is 4.72 Å². The predicted molar refractivity (Wildman–Crippen MR) is 117 cm³/mol. The van der Waals surface area contributed by atoms with Gasteiger partial charge in [0, 0.05) is 33.3 Å². The summed E-state index contributed by atoms with van der Waals surface area (Å²) >= 11 is 7.78. The number of nitrogens with zero attached hydrogens (tertiary/aromatic N) is 1. The van der Waals surface area contributed by atoms with Crippen LogP contribution in [0, 0.1) is 0 Å². The molecule has 6 nitrogen and oxygen atoms in total. The Balaban J connectivity index is 2.03. The summed E-state index contributed by atoms with van der Waals surface area (Å²) < 4.78 is 33.6. The minimum atomic E-state index is -3.89. The van der Waals surface area contributed by atoms with Crippen LogP contribution in [0.15, 0.2) is 46.2 Å². The molecule has 0 fully saturated rings. The van der Waals surface area contributed by atoms with E-state index in [9.17, 15) is 13.2 Å². The molecule has 0 spiro atoms. The van der Waals surface area contributed by atoms with Gasteiger partial charge in [-0.3, -0.25) is 4.79 Å². The zero-order valence-electron chi connectivity index (χ0n) is 16.7. The molecular formula is C20H23ClN2O4S2. The van der Waals surface area contributed by atoms with E-state index in [-0.39, 0.29) is 22.1 Å². The van der Waals surface area contributed by atoms with Crippen LogP contribution in [-0.4, -0.2) is 39.3 Å². The number of hydrogen-bond donors (Lipinski definition) is 1. The van der Waals surface area contributed by atoms with Crippen LogP contribution in [0.2, 0.25) is 5.02 Å². The van der Waals surface area contributed by atoms with Gasteiger partial charge in [0.15, 0.2) is 0 Å². The number of ether oxygens (including phenoxy) is 1. The predicted octanol–water partition coefficient (Wildman–Crippen LogP) is 4.18. The van der Waals surface area contributed by atoms with Crippen molar-refractivity contribution < 1.29 is 17.9 Å². The first-order chi connectivity index (χ1) is 13.5. The molecule has 2 aromatic rings. The molecule has 0 unspecified atom stereocenters. The summed E-state index contributed by atoms with van der Waals surface area (Å²) in [6, 6.07) is 9.87. The monoisotopic (exact) mass is 454 g/mol. The number of carbonyl (C=O) groups is 1. The lowest BCUT2D eigenvalue weighted by Gasteiger charge is -2.29. The van der Waals surface area contributed by atoms with E-state index in [1.165, 1.54) is 19.2 Å². The molecule has 1 amide bonds. The lowest BCUT2D eigenvalue weighted by molar-refractivity contribution is 0.0987. The highest BCUT2D eigenvalue weighted by Gasteiger charge is 2.29. The van der Waals surface area contributed by atoms with E-state index in [1.807, 2.05) is 6.07 Å². The van der Waals surface area contributed by atoms with Gasteiger partial charge in [-0.25, -0.2) is 13.1 Å². The Kier molecular flexibility index (Phi) is 6.19. The molecule has 156 valence electrons. The van der Waals surface area contributed by atoms with E-state index >= 15 is 0 Å². The number of nitrogens with one attached hydrogen (secondary N) is 1. The van der Waals surface area contributed by atoms with Gasteiger partial charge in [-0.1, -0.05) is 11.6 Å². The number of methoxy groups -OCH3 is 1. The van der Waals surface area contributed by atoms with Gasteiger partial charge in [0.2, 0.25) is 10.0 Å². The third kappa shape index (κ3) is 4.88. The van der Waals surface area contributed by atoms with Crippen molar-refractivity contribution in [2.75, 3.05) is 24.3 Å². The first-order valence-electron chi connectivity index (χ1n) is 8.98. The molecular weight excluding hydrogens is 432 g/mol. The molecule has 9 heteroatoms. The van der Waals surface area contributed by atoms with Crippen LogP contribution >= 0.6 is 23.4 Å². The number of hydrogen-bond acceptors (Lipinski definition) is 5. The smallest absolute Gasteiger partial charge is 0.258 e. The van der Waals surface area contributed by atoms with Crippen molar-refractivity contribution in [3.05, 3.63) is 47.0 Å². The zero-order chi connectivity index (χ0) is 21.4. The summed E-state index contributed by atoms with van der Waals surface area (Å²) in [5.74, 6) is 0.632. The first kappa shape index (κ1) is 22.0. The van der Waals surface area contributed by atoms with Gasteiger partial charge >= 0.3 is 0 Å². The van der Waals surface area contributed by atoms with E-state index in [1.54, 1.807) is 55.6 Å². The Morgan fingerprint density at radius 2 is 1.93 bits per heavy atom. The Labute approximate surface area is 180 Å². The highest BCUT2D eigenvalue weighted by molar-refractivity contribution is 7.99. The highest BCUT2D eigenvalue weighted by atomic mass is 35.5. The quantitative estimate of drug-likeness (QED) is 0.750. The van der Waals surface area contributed by atoms with Gasteiger partial charge in [0.05, 0.1) is 12.8 Å². The van der Waals surface area contributed by atoms with Crippen molar-refractivity contribution in [2.45, 2.75) is 36.1 Å². The van der Waals surface area contributed by atoms with Gasteiger partial charge in [-0.05, 0) is 57.2 Å². The fourth-order valence-electron chi connectivity index (χ4n) is 3.04. The summed E-state index contributed by atoms with van der Waals surface area (Å²) in [4.78, 5) is 15.8. The number of halogens is 1. The topological polar surface area (TPSA) is 75.7 Å². The molecule has 3 rings (SSSR count). The van der Waals surface area contributed by atoms with Crippen molar-refractivity contribution in [2.24, 2.45) is 0 Å². The third-order valence-electron chi connectivity index (χ3n) is 4.17. The average molecular weight is 455 g/mol. The molecule has 0 aliphatic carbocycles. The van der Waals surface area contributed by atoms with E-state index in [0.29, 0.717) is 11.6 Å². The summed E-state index contributed by atoms with van der Waals surface area (Å²) in [7, 11) is -2.49. The van der Waals surface area contributed by atoms with Gasteiger partial charge in [-0.2, -0.15) is 0 Å². The fraction of sp³-hybridized carbons (Fsp3) is 0.350. The maximum Gasteiger partial charge on any atom is 0.258 e. The van der Waals surface area contributed by atoms with Crippen LogP contribution in [0.3, 0.4) is 0 Å². The van der Waals surface area contributed by atoms with Crippen LogP contribution in [0.1, 0.15) is 31.1 Å². The second-order valence-corrected chi connectivity index (χ2v) is 10.9. The lowest BCUT2D eigenvalue weighted by Crippen LogP contribution is -2.40. The van der Waals surface area contributed by atoms with Crippen molar-refractivity contribution in [3.63, 3.8) is 0 Å². The van der Waals surface area contributed by atoms with Crippen molar-refractivity contribution >= 4 is 45.0 Å². The number of amides is 1. The van der Waals surface area contributed by atoms with Gasteiger partial charge in [-0.15, -0.1) is 11.8 Å². The summed E-state index contributed by atoms with van der Waals surface area (Å²) in [5.41, 5.74) is 0.314.